The Labute approximate surface area is 148 Å². The van der Waals surface area contributed by atoms with Crippen molar-refractivity contribution < 1.29 is 19.1 Å². The standard InChI is InChI=1S/C20H23NO4/c1-24-17-10-6-15(7-11-17)14-21-20(23)5-3-4-19(22)16-8-12-18(25-2)13-9-16/h6-13H,3-5,14H2,1-2H3,(H,21,23). The van der Waals surface area contributed by atoms with Gasteiger partial charge in [-0.05, 0) is 48.4 Å². The molecule has 0 heterocycles. The summed E-state index contributed by atoms with van der Waals surface area (Å²) in [6.45, 7) is 0.468. The minimum atomic E-state index is -0.0571. The zero-order chi connectivity index (χ0) is 18.1. The van der Waals surface area contributed by atoms with E-state index in [-0.39, 0.29) is 11.7 Å². The molecule has 0 aliphatic heterocycles. The Kier molecular flexibility index (Phi) is 7.01. The van der Waals surface area contributed by atoms with Crippen LogP contribution in [0.25, 0.3) is 0 Å². The van der Waals surface area contributed by atoms with E-state index in [4.69, 9.17) is 9.47 Å². The van der Waals surface area contributed by atoms with Crippen LogP contribution < -0.4 is 14.8 Å². The summed E-state index contributed by atoms with van der Waals surface area (Å²) in [7, 11) is 3.20. The molecule has 0 aliphatic carbocycles. The van der Waals surface area contributed by atoms with Gasteiger partial charge in [0.25, 0.3) is 0 Å². The number of ether oxygens (including phenoxy) is 2. The third-order valence-corrected chi connectivity index (χ3v) is 3.87. The number of ketones is 1. The molecule has 2 aromatic rings. The summed E-state index contributed by atoms with van der Waals surface area (Å²) in [5, 5.41) is 2.86. The fourth-order valence-corrected chi connectivity index (χ4v) is 2.36. The van der Waals surface area contributed by atoms with Crippen molar-refractivity contribution in [2.24, 2.45) is 0 Å². The topological polar surface area (TPSA) is 64.6 Å². The Morgan fingerprint density at radius 2 is 1.40 bits per heavy atom. The van der Waals surface area contributed by atoms with E-state index in [0.29, 0.717) is 31.4 Å². The van der Waals surface area contributed by atoms with Gasteiger partial charge in [-0.3, -0.25) is 9.59 Å². The van der Waals surface area contributed by atoms with Gasteiger partial charge in [0.05, 0.1) is 14.2 Å². The maximum absolute atomic E-state index is 12.1. The van der Waals surface area contributed by atoms with Crippen molar-refractivity contribution in [3.05, 3.63) is 59.7 Å². The van der Waals surface area contributed by atoms with Crippen LogP contribution in [0.3, 0.4) is 0 Å². The van der Waals surface area contributed by atoms with Gasteiger partial charge in [-0.25, -0.2) is 0 Å². The Bertz CT molecular complexity index is 693. The number of hydrogen-bond acceptors (Lipinski definition) is 4. The van der Waals surface area contributed by atoms with Crippen LogP contribution in [-0.2, 0) is 11.3 Å². The van der Waals surface area contributed by atoms with Crippen LogP contribution in [0, 0.1) is 0 Å². The Morgan fingerprint density at radius 1 is 0.840 bits per heavy atom. The molecule has 0 fully saturated rings. The zero-order valence-electron chi connectivity index (χ0n) is 14.6. The highest BCUT2D eigenvalue weighted by Crippen LogP contribution is 2.14. The molecule has 0 atom stereocenters. The monoisotopic (exact) mass is 341 g/mol. The Morgan fingerprint density at radius 3 is 1.96 bits per heavy atom. The SMILES string of the molecule is COc1ccc(CNC(=O)CCCC(=O)c2ccc(OC)cc2)cc1. The van der Waals surface area contributed by atoms with Crippen molar-refractivity contribution in [3.63, 3.8) is 0 Å². The maximum atomic E-state index is 12.1. The molecule has 5 heteroatoms. The average molecular weight is 341 g/mol. The van der Waals surface area contributed by atoms with Crippen molar-refractivity contribution >= 4 is 11.7 Å². The lowest BCUT2D eigenvalue weighted by Crippen LogP contribution is -2.22. The molecule has 0 saturated heterocycles. The molecule has 1 N–H and O–H groups in total. The number of hydrogen-bond donors (Lipinski definition) is 1. The van der Waals surface area contributed by atoms with Gasteiger partial charge in [-0.2, -0.15) is 0 Å². The average Bonchev–Trinajstić information content (AvgIpc) is 2.66. The molecule has 2 aromatic carbocycles. The first kappa shape index (κ1) is 18.5. The van der Waals surface area contributed by atoms with E-state index in [1.54, 1.807) is 38.5 Å². The first-order chi connectivity index (χ1) is 12.1. The van der Waals surface area contributed by atoms with Gasteiger partial charge in [0.15, 0.2) is 5.78 Å². The van der Waals surface area contributed by atoms with Crippen molar-refractivity contribution in [3.8, 4) is 11.5 Å². The van der Waals surface area contributed by atoms with E-state index in [2.05, 4.69) is 5.32 Å². The summed E-state index contributed by atoms with van der Waals surface area (Å²) in [6.07, 6.45) is 1.21. The van der Waals surface area contributed by atoms with Crippen LogP contribution in [0.2, 0.25) is 0 Å². The highest BCUT2D eigenvalue weighted by molar-refractivity contribution is 5.96. The molecule has 0 saturated carbocycles. The van der Waals surface area contributed by atoms with E-state index < -0.39 is 0 Å². The predicted molar refractivity (Wildman–Crippen MR) is 96.0 cm³/mol. The second kappa shape index (κ2) is 9.47. The molecule has 1 amide bonds. The van der Waals surface area contributed by atoms with Gasteiger partial charge >= 0.3 is 0 Å². The summed E-state index contributed by atoms with van der Waals surface area (Å²) < 4.78 is 10.2. The minimum Gasteiger partial charge on any atom is -0.497 e. The number of amides is 1. The Hall–Kier alpha value is -2.82. The summed E-state index contributed by atoms with van der Waals surface area (Å²) >= 11 is 0. The third-order valence-electron chi connectivity index (χ3n) is 3.87. The summed E-state index contributed by atoms with van der Waals surface area (Å²) in [5.41, 5.74) is 1.64. The van der Waals surface area contributed by atoms with E-state index in [0.717, 1.165) is 17.1 Å². The molecule has 2 rings (SSSR count). The summed E-state index contributed by atoms with van der Waals surface area (Å²) in [6, 6.07) is 14.5. The van der Waals surface area contributed by atoms with Crippen molar-refractivity contribution in [1.29, 1.82) is 0 Å². The highest BCUT2D eigenvalue weighted by Gasteiger charge is 2.08. The van der Waals surface area contributed by atoms with Crippen molar-refractivity contribution in [1.82, 2.24) is 5.32 Å². The molecule has 5 nitrogen and oxygen atoms in total. The third kappa shape index (κ3) is 5.95. The predicted octanol–water partition coefficient (Wildman–Crippen LogP) is 3.37. The molecule has 0 aromatic heterocycles. The van der Waals surface area contributed by atoms with Gasteiger partial charge in [-0.1, -0.05) is 12.1 Å². The fourth-order valence-electron chi connectivity index (χ4n) is 2.36. The van der Waals surface area contributed by atoms with E-state index in [1.165, 1.54) is 0 Å². The first-order valence-corrected chi connectivity index (χ1v) is 8.19. The molecular formula is C20H23NO4. The molecular weight excluding hydrogens is 318 g/mol. The molecule has 0 unspecified atom stereocenters. The molecule has 0 radical (unpaired) electrons. The number of Topliss-reactive ketones (excluding diaryl/α,β-unsaturated/α-hetero) is 1. The van der Waals surface area contributed by atoms with Crippen molar-refractivity contribution in [2.75, 3.05) is 14.2 Å². The van der Waals surface area contributed by atoms with Gasteiger partial charge < -0.3 is 14.8 Å². The van der Waals surface area contributed by atoms with Crippen LogP contribution in [0.1, 0.15) is 35.2 Å². The van der Waals surface area contributed by atoms with Crippen LogP contribution in [0.4, 0.5) is 0 Å². The molecule has 25 heavy (non-hydrogen) atoms. The summed E-state index contributed by atoms with van der Waals surface area (Å²) in [5.74, 6) is 1.48. The number of nitrogens with one attached hydrogen (secondary N) is 1. The molecule has 0 aliphatic rings. The lowest BCUT2D eigenvalue weighted by atomic mass is 10.1. The number of benzene rings is 2. The maximum Gasteiger partial charge on any atom is 0.220 e. The quantitative estimate of drug-likeness (QED) is 0.710. The van der Waals surface area contributed by atoms with Crippen molar-refractivity contribution in [2.45, 2.75) is 25.8 Å². The number of rotatable bonds is 9. The highest BCUT2D eigenvalue weighted by atomic mass is 16.5. The number of methoxy groups -OCH3 is 2. The zero-order valence-corrected chi connectivity index (χ0v) is 14.6. The Balaban J connectivity index is 1.69. The number of carbonyl (C=O) groups is 2. The smallest absolute Gasteiger partial charge is 0.220 e. The summed E-state index contributed by atoms with van der Waals surface area (Å²) in [4.78, 5) is 24.0. The first-order valence-electron chi connectivity index (χ1n) is 8.19. The van der Waals surface area contributed by atoms with Gasteiger partial charge in [-0.15, -0.1) is 0 Å². The number of carbonyl (C=O) groups excluding carboxylic acids is 2. The van der Waals surface area contributed by atoms with E-state index >= 15 is 0 Å². The van der Waals surface area contributed by atoms with Gasteiger partial charge in [0.1, 0.15) is 11.5 Å². The van der Waals surface area contributed by atoms with Crippen LogP contribution in [-0.4, -0.2) is 25.9 Å². The van der Waals surface area contributed by atoms with Gasteiger partial charge in [0, 0.05) is 24.9 Å². The van der Waals surface area contributed by atoms with E-state index in [9.17, 15) is 9.59 Å². The van der Waals surface area contributed by atoms with Crippen LogP contribution in [0.15, 0.2) is 48.5 Å². The van der Waals surface area contributed by atoms with Crippen LogP contribution >= 0.6 is 0 Å². The van der Waals surface area contributed by atoms with E-state index in [1.807, 2.05) is 24.3 Å². The lowest BCUT2D eigenvalue weighted by molar-refractivity contribution is -0.121. The fraction of sp³-hybridized carbons (Fsp3) is 0.300. The van der Waals surface area contributed by atoms with Gasteiger partial charge in [0.2, 0.25) is 5.91 Å². The second-order valence-corrected chi connectivity index (χ2v) is 5.63. The molecule has 132 valence electrons. The minimum absolute atomic E-state index is 0.0330. The lowest BCUT2D eigenvalue weighted by Gasteiger charge is -2.06. The normalized spacial score (nSPS) is 10.2. The molecule has 0 spiro atoms. The molecule has 0 bridgehead atoms. The largest absolute Gasteiger partial charge is 0.497 e. The second-order valence-electron chi connectivity index (χ2n) is 5.63. The van der Waals surface area contributed by atoms with Crippen LogP contribution in [0.5, 0.6) is 11.5 Å².